The summed E-state index contributed by atoms with van der Waals surface area (Å²) in [5, 5.41) is 3.91. The number of hydrogen-bond donors (Lipinski definition) is 0. The molecule has 0 aliphatic carbocycles. The molecule has 0 saturated carbocycles. The molecule has 2 rings (SSSR count). The number of nitrogens with zero attached hydrogens (tertiary/aromatic N) is 1. The lowest BCUT2D eigenvalue weighted by Crippen LogP contribution is -2.47. The number of sulfonamides is 1. The van der Waals surface area contributed by atoms with Gasteiger partial charge >= 0.3 is 0 Å². The van der Waals surface area contributed by atoms with E-state index in [0.717, 1.165) is 0 Å². The predicted octanol–water partition coefficient (Wildman–Crippen LogP) is 0.659. The van der Waals surface area contributed by atoms with Gasteiger partial charge in [-0.15, -0.1) is 4.33 Å². The van der Waals surface area contributed by atoms with E-state index in [1.807, 2.05) is 6.92 Å². The minimum Gasteiger partial charge on any atom is -0.347 e. The van der Waals surface area contributed by atoms with Crippen LogP contribution in [0.4, 0.5) is 0 Å². The third-order valence-electron chi connectivity index (χ3n) is 3.22. The number of ether oxygens (including phenoxy) is 2. The average molecular weight is 329 g/mol. The van der Waals surface area contributed by atoms with Gasteiger partial charge in [0.15, 0.2) is 5.79 Å². The molecule has 1 unspecified atom stereocenters. The highest BCUT2D eigenvalue weighted by Crippen LogP contribution is 2.34. The van der Waals surface area contributed by atoms with E-state index in [-0.39, 0.29) is 11.2 Å². The fraction of sp³-hybridized carbons (Fsp3) is 1.00. The van der Waals surface area contributed by atoms with Crippen LogP contribution in [0.2, 0.25) is 0 Å². The van der Waals surface area contributed by atoms with Crippen molar-refractivity contribution in [2.45, 2.75) is 31.7 Å². The summed E-state index contributed by atoms with van der Waals surface area (Å²) >= 11 is 0.663. The van der Waals surface area contributed by atoms with E-state index in [1.54, 1.807) is 0 Å². The molecule has 2 aliphatic rings. The van der Waals surface area contributed by atoms with E-state index in [1.165, 1.54) is 11.4 Å². The van der Waals surface area contributed by atoms with Crippen LogP contribution in [0.1, 0.15) is 19.8 Å². The highest BCUT2D eigenvalue weighted by molar-refractivity contribution is 8.08. The van der Waals surface area contributed by atoms with Crippen LogP contribution in [-0.4, -0.2) is 56.5 Å². The zero-order chi connectivity index (χ0) is 14.6. The summed E-state index contributed by atoms with van der Waals surface area (Å²) in [4.78, 5) is 4.19. The molecule has 0 bridgehead atoms. The highest BCUT2D eigenvalue weighted by Gasteiger charge is 2.44. The van der Waals surface area contributed by atoms with E-state index < -0.39 is 15.8 Å². The zero-order valence-electron chi connectivity index (χ0n) is 11.4. The maximum absolute atomic E-state index is 12.1. The van der Waals surface area contributed by atoms with Crippen molar-refractivity contribution in [2.75, 3.05) is 31.9 Å². The smallest absolute Gasteiger partial charge is 0.225 e. The molecular weight excluding hydrogens is 310 g/mol. The summed E-state index contributed by atoms with van der Waals surface area (Å²) < 4.78 is 41.4. The van der Waals surface area contributed by atoms with Crippen molar-refractivity contribution >= 4 is 22.1 Å². The molecule has 0 aromatic heterocycles. The Kier molecular flexibility index (Phi) is 5.65. The van der Waals surface area contributed by atoms with Crippen molar-refractivity contribution in [1.29, 1.82) is 0 Å². The summed E-state index contributed by atoms with van der Waals surface area (Å²) in [5.74, 6) is -0.603. The lowest BCUT2D eigenvalue weighted by molar-refractivity contribution is -0.447. The van der Waals surface area contributed by atoms with Gasteiger partial charge in [-0.05, 0) is 6.92 Å². The molecule has 20 heavy (non-hydrogen) atoms. The summed E-state index contributed by atoms with van der Waals surface area (Å²) in [6.45, 7) is 3.26. The molecule has 118 valence electrons. The monoisotopic (exact) mass is 329 g/mol. The molecule has 1 spiro atoms. The first kappa shape index (κ1) is 16.4. The van der Waals surface area contributed by atoms with Gasteiger partial charge in [-0.25, -0.2) is 17.6 Å². The minimum atomic E-state index is -3.40. The van der Waals surface area contributed by atoms with Gasteiger partial charge in [0.25, 0.3) is 0 Å². The van der Waals surface area contributed by atoms with Crippen LogP contribution >= 0.6 is 12.0 Å². The topological polar surface area (TPSA) is 83.5 Å². The molecule has 10 heteroatoms. The third kappa shape index (κ3) is 4.04. The molecule has 2 fully saturated rings. The fourth-order valence-electron chi connectivity index (χ4n) is 2.27. The Bertz CT molecular complexity index is 408. The van der Waals surface area contributed by atoms with Crippen LogP contribution in [0.25, 0.3) is 0 Å². The normalized spacial score (nSPS) is 27.2. The maximum Gasteiger partial charge on any atom is 0.225 e. The van der Waals surface area contributed by atoms with Crippen molar-refractivity contribution in [3.63, 3.8) is 0 Å². The van der Waals surface area contributed by atoms with Crippen LogP contribution in [0.3, 0.4) is 0 Å². The van der Waals surface area contributed by atoms with Crippen molar-refractivity contribution < 1.29 is 32.2 Å². The molecule has 0 radical (unpaired) electrons. The van der Waals surface area contributed by atoms with Crippen molar-refractivity contribution in [1.82, 2.24) is 4.31 Å². The second-order valence-electron chi connectivity index (χ2n) is 4.70. The summed E-state index contributed by atoms with van der Waals surface area (Å²) in [7, 11) is -2.13. The van der Waals surface area contributed by atoms with Crippen molar-refractivity contribution in [3.05, 3.63) is 0 Å². The van der Waals surface area contributed by atoms with Crippen LogP contribution in [0.5, 0.6) is 0 Å². The first-order valence-electron chi connectivity index (χ1n) is 6.26. The first-order valence-corrected chi connectivity index (χ1v) is 8.78. The molecule has 2 saturated heterocycles. The zero-order valence-corrected chi connectivity index (χ0v) is 13.1. The van der Waals surface area contributed by atoms with Gasteiger partial charge in [-0.1, -0.05) is 5.04 Å². The Morgan fingerprint density at radius 1 is 1.40 bits per heavy atom. The number of rotatable bonds is 6. The fourth-order valence-corrected chi connectivity index (χ4v) is 4.35. The van der Waals surface area contributed by atoms with Crippen LogP contribution in [-0.2, 0) is 33.8 Å². The predicted molar refractivity (Wildman–Crippen MR) is 70.6 cm³/mol. The summed E-state index contributed by atoms with van der Waals surface area (Å²) in [6.07, 6.45) is 1.14. The quantitative estimate of drug-likeness (QED) is 0.304. The molecule has 0 N–H and O–H groups in total. The largest absolute Gasteiger partial charge is 0.347 e. The lowest BCUT2D eigenvalue weighted by atomic mass is 10.1. The molecule has 8 nitrogen and oxygen atoms in total. The van der Waals surface area contributed by atoms with E-state index in [0.29, 0.717) is 44.6 Å². The Balaban J connectivity index is 1.80. The van der Waals surface area contributed by atoms with Gasteiger partial charge in [0.1, 0.15) is 5.08 Å². The van der Waals surface area contributed by atoms with E-state index in [9.17, 15) is 8.42 Å². The Labute approximate surface area is 122 Å². The average Bonchev–Trinajstić information content (AvgIpc) is 2.76. The van der Waals surface area contributed by atoms with Gasteiger partial charge in [0, 0.05) is 25.9 Å². The maximum atomic E-state index is 12.1. The molecule has 0 amide bonds. The minimum absolute atomic E-state index is 0.0632. The Morgan fingerprint density at radius 3 is 2.65 bits per heavy atom. The molecule has 2 heterocycles. The highest BCUT2D eigenvalue weighted by atomic mass is 32.3. The van der Waals surface area contributed by atoms with Gasteiger partial charge < -0.3 is 9.47 Å². The molecule has 0 aromatic carbocycles. The Morgan fingerprint density at radius 2 is 2.10 bits per heavy atom. The SMILES string of the molecule is COOOSCS(=O)(=O)N1CCC2(CC1)OCC(C)O2. The standard InChI is InChI=1S/C10H19NO7S2/c1-9-7-15-10(16-9)3-5-11(6-4-10)20(12,13)8-19-18-17-14-2/h9H,3-8H2,1-2H3. The van der Waals surface area contributed by atoms with Gasteiger partial charge in [0.2, 0.25) is 10.0 Å². The van der Waals surface area contributed by atoms with Crippen LogP contribution < -0.4 is 0 Å². The molecular formula is C10H19NO7S2. The van der Waals surface area contributed by atoms with Crippen LogP contribution in [0.15, 0.2) is 0 Å². The third-order valence-corrected chi connectivity index (χ3v) is 6.10. The molecule has 2 aliphatic heterocycles. The van der Waals surface area contributed by atoms with E-state index in [4.69, 9.17) is 9.47 Å². The second-order valence-corrected chi connectivity index (χ2v) is 7.69. The molecule has 0 aromatic rings. The van der Waals surface area contributed by atoms with E-state index >= 15 is 0 Å². The number of piperidine rings is 1. The van der Waals surface area contributed by atoms with E-state index in [2.05, 4.69) is 14.3 Å². The van der Waals surface area contributed by atoms with Crippen molar-refractivity contribution in [3.8, 4) is 0 Å². The lowest BCUT2D eigenvalue weighted by Gasteiger charge is -2.36. The second kappa shape index (κ2) is 6.88. The summed E-state index contributed by atoms with van der Waals surface area (Å²) in [6, 6.07) is 0. The van der Waals surface area contributed by atoms with Gasteiger partial charge in [-0.2, -0.15) is 0 Å². The molecule has 1 atom stereocenters. The first-order chi connectivity index (χ1) is 9.47. The number of hydrogen-bond acceptors (Lipinski definition) is 8. The van der Waals surface area contributed by atoms with Gasteiger partial charge in [0.05, 0.1) is 31.9 Å². The Hall–Kier alpha value is 0.0600. The van der Waals surface area contributed by atoms with Crippen LogP contribution in [0, 0.1) is 0 Å². The van der Waals surface area contributed by atoms with Crippen molar-refractivity contribution in [2.24, 2.45) is 0 Å². The summed E-state index contributed by atoms with van der Waals surface area (Å²) in [5.41, 5.74) is 0. The van der Waals surface area contributed by atoms with Gasteiger partial charge in [-0.3, -0.25) is 0 Å².